The van der Waals surface area contributed by atoms with E-state index in [0.717, 1.165) is 56.9 Å². The van der Waals surface area contributed by atoms with E-state index < -0.39 is 65.2 Å². The lowest BCUT2D eigenvalue weighted by Crippen LogP contribution is -2.68. The maximum absolute atomic E-state index is 12.8. The van der Waals surface area contributed by atoms with Crippen molar-refractivity contribution in [3.8, 4) is 0 Å². The van der Waals surface area contributed by atoms with Crippen molar-refractivity contribution in [3.63, 3.8) is 0 Å². The molecule has 12 fully saturated rings. The van der Waals surface area contributed by atoms with Crippen molar-refractivity contribution in [2.75, 3.05) is 0 Å². The van der Waals surface area contributed by atoms with Gasteiger partial charge in [0.1, 0.15) is 34.7 Å². The summed E-state index contributed by atoms with van der Waals surface area (Å²) in [5, 5.41) is 10.8. The molecule has 6 aliphatic carbocycles. The first-order valence-electron chi connectivity index (χ1n) is 26.1. The highest BCUT2D eigenvalue weighted by molar-refractivity contribution is 6.06. The van der Waals surface area contributed by atoms with Crippen molar-refractivity contribution in [3.05, 3.63) is 11.6 Å². The number of fused-ring (bicyclic) bond motifs is 9. The minimum Gasteiger partial charge on any atom is -0.444 e. The molecule has 384 valence electrons. The highest BCUT2D eigenvalue weighted by Gasteiger charge is 2.59. The van der Waals surface area contributed by atoms with Crippen LogP contribution in [0.25, 0.3) is 0 Å². The van der Waals surface area contributed by atoms with E-state index >= 15 is 0 Å². The van der Waals surface area contributed by atoms with Gasteiger partial charge in [0, 0.05) is 47.2 Å². The van der Waals surface area contributed by atoms with Gasteiger partial charge in [-0.25, -0.2) is 14.4 Å². The van der Waals surface area contributed by atoms with Crippen molar-refractivity contribution in [1.29, 1.82) is 0 Å². The fraction of sp³-hybridized carbons (Fsp3) is 0.815. The van der Waals surface area contributed by atoms with Crippen LogP contribution in [-0.2, 0) is 38.2 Å². The van der Waals surface area contributed by atoms with Gasteiger partial charge in [-0.15, -0.1) is 0 Å². The predicted octanol–water partition coefficient (Wildman–Crippen LogP) is 8.59. The third-order valence-corrected chi connectivity index (χ3v) is 15.7. The van der Waals surface area contributed by atoms with Gasteiger partial charge in [-0.2, -0.15) is 0 Å². The van der Waals surface area contributed by atoms with Crippen LogP contribution in [0.3, 0.4) is 0 Å². The molecule has 1 N–H and O–H groups in total. The number of nitrogens with zero attached hydrogens (tertiary/aromatic N) is 3. The lowest BCUT2D eigenvalue weighted by molar-refractivity contribution is -0.153. The second-order valence-electron chi connectivity index (χ2n) is 24.9. The van der Waals surface area contributed by atoms with Gasteiger partial charge in [0.25, 0.3) is 0 Å². The Kier molecular flexibility index (Phi) is 15.1. The van der Waals surface area contributed by atoms with Crippen LogP contribution >= 0.6 is 0 Å². The van der Waals surface area contributed by atoms with Gasteiger partial charge < -0.3 is 19.3 Å². The van der Waals surface area contributed by atoms with Gasteiger partial charge in [-0.3, -0.25) is 38.7 Å². The standard InChI is InChI=1S/C18H29NO4.C18H27NO4.C18H25NO4/c3*1-10(20)15-12-7-8-14(13(16(12)21)9-11-5-6-11)19(15)17(22)23-18(2,3)4/h11-16,21H,5-9H2,1-4H3;11-15H,5-9H2,1-4H3;9,11-12,14-15H,5-8H2,1-4H3/b;;13-9+/t12-,13?,14-,15+,16-;12-,13?,14-,15+;12-,14-,15+/m000/s1. The number of carbonyl (C=O) groups is 8. The monoisotopic (exact) mass is 964 g/mol. The number of aliphatic hydroxyl groups is 1. The Morgan fingerprint density at radius 3 is 1.48 bits per heavy atom. The van der Waals surface area contributed by atoms with Gasteiger partial charge in [0.05, 0.1) is 18.2 Å². The molecular weight excluding hydrogens is 883 g/mol. The van der Waals surface area contributed by atoms with E-state index in [1.54, 1.807) is 9.80 Å². The molecule has 0 aromatic heterocycles. The summed E-state index contributed by atoms with van der Waals surface area (Å²) in [5.41, 5.74) is -1.09. The lowest BCUT2D eigenvalue weighted by atomic mass is 9.64. The van der Waals surface area contributed by atoms with Crippen LogP contribution in [0.2, 0.25) is 0 Å². The molecular formula is C54H81N3O12. The fourth-order valence-corrected chi connectivity index (χ4v) is 12.5. The Labute approximate surface area is 409 Å². The van der Waals surface area contributed by atoms with Crippen molar-refractivity contribution >= 4 is 47.2 Å². The number of Topliss-reactive ketones (excluding diaryl/α,β-unsaturated/α-hetero) is 5. The number of hydrogen-bond acceptors (Lipinski definition) is 12. The highest BCUT2D eigenvalue weighted by atomic mass is 16.6. The van der Waals surface area contributed by atoms with Crippen LogP contribution in [0.4, 0.5) is 14.4 Å². The SMILES string of the molecule is CC(=O)[C@@H]1[C@@H]2CC[C@@H](/C(=C\C3CC3)C2=O)N1C(=O)OC(C)(C)C.CC(=O)[C@@H]1[C@@H]2CC[C@@H](C(CC3CC3)C2=O)N1C(=O)OC(C)(C)C.CC(=O)[C@@H]1[C@@H]2CC[C@@H](C(CC3CC3)[C@H]2O)N1C(=O)OC(C)(C)C. The van der Waals surface area contributed by atoms with Gasteiger partial charge in [0.2, 0.25) is 0 Å². The van der Waals surface area contributed by atoms with E-state index in [9.17, 15) is 43.5 Å². The Hall–Kier alpha value is -4.14. The summed E-state index contributed by atoms with van der Waals surface area (Å²) in [5.74, 6) is 0.838. The zero-order chi connectivity index (χ0) is 50.8. The Balaban J connectivity index is 0.000000153. The molecule has 2 unspecified atom stereocenters. The Morgan fingerprint density at radius 1 is 0.551 bits per heavy atom. The van der Waals surface area contributed by atoms with Crippen LogP contribution in [0, 0.1) is 47.3 Å². The average molecular weight is 964 g/mol. The summed E-state index contributed by atoms with van der Waals surface area (Å²) >= 11 is 0. The van der Waals surface area contributed by atoms with Crippen molar-refractivity contribution in [2.45, 2.75) is 232 Å². The number of amides is 3. The number of carbonyl (C=O) groups excluding carboxylic acids is 8. The maximum Gasteiger partial charge on any atom is 0.411 e. The van der Waals surface area contributed by atoms with E-state index in [1.807, 2.05) is 68.4 Å². The number of aliphatic hydroxyl groups excluding tert-OH is 1. The molecule has 0 spiro atoms. The summed E-state index contributed by atoms with van der Waals surface area (Å²) in [4.78, 5) is 105. The number of hydrogen-bond donors (Lipinski definition) is 1. The molecule has 15 nitrogen and oxygen atoms in total. The molecule has 6 bridgehead atoms. The van der Waals surface area contributed by atoms with E-state index in [4.69, 9.17) is 14.2 Å². The van der Waals surface area contributed by atoms with Gasteiger partial charge >= 0.3 is 18.3 Å². The maximum atomic E-state index is 12.8. The van der Waals surface area contributed by atoms with Crippen LogP contribution in [0.5, 0.6) is 0 Å². The number of rotatable bonds is 8. The lowest BCUT2D eigenvalue weighted by Gasteiger charge is -2.56. The third kappa shape index (κ3) is 12.0. The minimum absolute atomic E-state index is 0.0468. The summed E-state index contributed by atoms with van der Waals surface area (Å²) in [6.45, 7) is 20.9. The van der Waals surface area contributed by atoms with Crippen LogP contribution in [0.1, 0.15) is 173 Å². The molecule has 0 radical (unpaired) electrons. The number of allylic oxidation sites excluding steroid dienone is 1. The molecule has 3 amide bonds. The molecule has 15 heteroatoms. The Bertz CT molecular complexity index is 2070. The van der Waals surface area contributed by atoms with Gasteiger partial charge in [-0.1, -0.05) is 31.8 Å². The zero-order valence-corrected chi connectivity index (χ0v) is 43.4. The molecule has 0 aromatic carbocycles. The quantitative estimate of drug-likeness (QED) is 0.180. The van der Waals surface area contributed by atoms with Crippen LogP contribution in [-0.4, -0.2) is 126 Å². The molecule has 12 rings (SSSR count). The first-order valence-corrected chi connectivity index (χ1v) is 26.1. The number of ketones is 5. The van der Waals surface area contributed by atoms with Gasteiger partial charge in [-0.05, 0) is 165 Å². The van der Waals surface area contributed by atoms with Crippen molar-refractivity contribution < 1.29 is 57.7 Å². The second kappa shape index (κ2) is 19.8. The van der Waals surface area contributed by atoms with E-state index in [-0.39, 0.29) is 70.7 Å². The minimum atomic E-state index is -0.674. The van der Waals surface area contributed by atoms with E-state index in [1.165, 1.54) is 51.4 Å². The smallest absolute Gasteiger partial charge is 0.411 e. The summed E-state index contributed by atoms with van der Waals surface area (Å²) < 4.78 is 16.6. The second-order valence-corrected chi connectivity index (χ2v) is 24.9. The molecule has 12 aliphatic rings. The zero-order valence-electron chi connectivity index (χ0n) is 43.4. The van der Waals surface area contributed by atoms with Crippen LogP contribution < -0.4 is 0 Å². The Morgan fingerprint density at radius 2 is 1.00 bits per heavy atom. The molecule has 6 aliphatic heterocycles. The third-order valence-electron chi connectivity index (χ3n) is 15.7. The molecule has 6 saturated heterocycles. The highest BCUT2D eigenvalue weighted by Crippen LogP contribution is 2.50. The summed E-state index contributed by atoms with van der Waals surface area (Å²) in [6, 6.07) is -2.39. The number of piperidine rings is 6. The van der Waals surface area contributed by atoms with E-state index in [0.29, 0.717) is 30.6 Å². The van der Waals surface area contributed by atoms with Crippen molar-refractivity contribution in [2.24, 2.45) is 47.3 Å². The first-order chi connectivity index (χ1) is 32.1. The summed E-state index contributed by atoms with van der Waals surface area (Å²) in [7, 11) is 0. The largest absolute Gasteiger partial charge is 0.444 e. The van der Waals surface area contributed by atoms with Crippen molar-refractivity contribution in [1.82, 2.24) is 14.7 Å². The number of ether oxygens (including phenoxy) is 3. The molecule has 0 aromatic rings. The molecule has 6 heterocycles. The summed E-state index contributed by atoms with van der Waals surface area (Å²) in [6.07, 6.45) is 13.7. The average Bonchev–Trinajstić information content (AvgIpc) is 4.08. The normalized spacial score (nSPS) is 34.3. The molecule has 12 atom stereocenters. The van der Waals surface area contributed by atoms with Gasteiger partial charge in [0.15, 0.2) is 23.1 Å². The fourth-order valence-electron chi connectivity index (χ4n) is 12.5. The predicted molar refractivity (Wildman–Crippen MR) is 256 cm³/mol. The molecule has 6 saturated carbocycles. The topological polar surface area (TPSA) is 194 Å². The van der Waals surface area contributed by atoms with E-state index in [2.05, 4.69) is 0 Å². The van der Waals surface area contributed by atoms with Crippen LogP contribution in [0.15, 0.2) is 11.6 Å². The molecule has 69 heavy (non-hydrogen) atoms. The first kappa shape index (κ1) is 52.7.